The number of alkyl halides is 3. The van der Waals surface area contributed by atoms with Crippen molar-refractivity contribution < 1.29 is 32.6 Å². The third-order valence-electron chi connectivity index (χ3n) is 6.96. The fraction of sp³-hybridized carbons (Fsp3) is 0.367. The number of carboxylic acids is 1. The van der Waals surface area contributed by atoms with E-state index in [0.717, 1.165) is 37.0 Å². The first-order chi connectivity index (χ1) is 18.7. The van der Waals surface area contributed by atoms with E-state index in [-0.39, 0.29) is 25.0 Å². The van der Waals surface area contributed by atoms with Gasteiger partial charge in [-0.25, -0.2) is 0 Å². The fourth-order valence-corrected chi connectivity index (χ4v) is 4.81. The van der Waals surface area contributed by atoms with Gasteiger partial charge in [0.25, 0.3) is 5.91 Å². The van der Waals surface area contributed by atoms with Crippen LogP contribution in [0.15, 0.2) is 66.9 Å². The number of rotatable bonds is 10. The van der Waals surface area contributed by atoms with Crippen molar-refractivity contribution in [2.45, 2.75) is 57.2 Å². The van der Waals surface area contributed by atoms with Gasteiger partial charge in [0.05, 0.1) is 17.7 Å². The minimum atomic E-state index is -4.39. The highest BCUT2D eigenvalue weighted by atomic mass is 19.4. The average molecular weight is 541 g/mol. The van der Waals surface area contributed by atoms with E-state index in [0.29, 0.717) is 28.5 Å². The van der Waals surface area contributed by atoms with Gasteiger partial charge >= 0.3 is 12.1 Å². The Morgan fingerprint density at radius 2 is 1.67 bits per heavy atom. The smallest absolute Gasteiger partial charge is 0.416 e. The van der Waals surface area contributed by atoms with Crippen LogP contribution in [0.4, 0.5) is 13.2 Å². The fourth-order valence-electron chi connectivity index (χ4n) is 4.81. The molecule has 1 amide bonds. The number of pyridine rings is 1. The van der Waals surface area contributed by atoms with Crippen molar-refractivity contribution in [3.05, 3.63) is 83.6 Å². The molecular formula is C30H31F3N2O4. The summed E-state index contributed by atoms with van der Waals surface area (Å²) in [5.41, 5.74) is 1.73. The van der Waals surface area contributed by atoms with Crippen molar-refractivity contribution in [3.63, 3.8) is 0 Å². The number of carbonyl (C=O) groups excluding carboxylic acids is 1. The predicted molar refractivity (Wildman–Crippen MR) is 140 cm³/mol. The number of carboxylic acid groups (broad SMARTS) is 1. The molecule has 0 spiro atoms. The molecule has 9 heteroatoms. The van der Waals surface area contributed by atoms with Crippen LogP contribution in [0, 0.1) is 5.92 Å². The molecule has 2 aromatic carbocycles. The van der Waals surface area contributed by atoms with E-state index in [2.05, 4.69) is 10.3 Å². The van der Waals surface area contributed by atoms with Gasteiger partial charge in [-0.15, -0.1) is 0 Å². The Hall–Kier alpha value is -3.88. The predicted octanol–water partition coefficient (Wildman–Crippen LogP) is 7.06. The Labute approximate surface area is 225 Å². The van der Waals surface area contributed by atoms with Crippen molar-refractivity contribution in [1.29, 1.82) is 0 Å². The lowest BCUT2D eigenvalue weighted by Crippen LogP contribution is -2.25. The number of nitrogens with one attached hydrogen (secondary N) is 1. The summed E-state index contributed by atoms with van der Waals surface area (Å²) in [4.78, 5) is 27.4. The summed E-state index contributed by atoms with van der Waals surface area (Å²) in [7, 11) is 0. The Morgan fingerprint density at radius 1 is 0.974 bits per heavy atom. The highest BCUT2D eigenvalue weighted by molar-refractivity contribution is 5.94. The quantitative estimate of drug-likeness (QED) is 0.287. The van der Waals surface area contributed by atoms with Crippen molar-refractivity contribution in [1.82, 2.24) is 10.3 Å². The number of amides is 1. The molecule has 0 bridgehead atoms. The van der Waals surface area contributed by atoms with Crippen LogP contribution in [0.2, 0.25) is 0 Å². The second-order valence-corrected chi connectivity index (χ2v) is 9.82. The Morgan fingerprint density at radius 3 is 2.26 bits per heavy atom. The lowest BCUT2D eigenvalue weighted by atomic mass is 9.84. The van der Waals surface area contributed by atoms with Crippen LogP contribution in [0.1, 0.15) is 72.5 Å². The molecule has 4 rings (SSSR count). The van der Waals surface area contributed by atoms with Crippen molar-refractivity contribution in [2.75, 3.05) is 6.54 Å². The molecule has 206 valence electrons. The topological polar surface area (TPSA) is 88.5 Å². The lowest BCUT2D eigenvalue weighted by Gasteiger charge is -2.27. The molecule has 0 aliphatic heterocycles. The second kappa shape index (κ2) is 12.8. The van der Waals surface area contributed by atoms with Gasteiger partial charge in [-0.3, -0.25) is 14.6 Å². The summed E-state index contributed by atoms with van der Waals surface area (Å²) in [5.74, 6) is -0.239. The standard InChI is InChI=1S/C30H31F3N2O4/c31-30(32,33)24-11-6-21(7-12-24)26-15-10-23(19-35-26)27(18-20-4-2-1-3-5-20)39-25-13-8-22(9-14-25)29(38)34-17-16-28(36)37/h6-15,19-20,27H,1-5,16-18H2,(H,34,38)(H,36,37). The van der Waals surface area contributed by atoms with Gasteiger partial charge in [0.15, 0.2) is 0 Å². The van der Waals surface area contributed by atoms with Gasteiger partial charge in [0.2, 0.25) is 0 Å². The maximum atomic E-state index is 12.9. The SMILES string of the molecule is O=C(O)CCNC(=O)c1ccc(OC(CC2CCCCC2)c2ccc(-c3ccc(C(F)(F)F)cc3)nc2)cc1. The monoisotopic (exact) mass is 540 g/mol. The normalized spacial score (nSPS) is 14.9. The summed E-state index contributed by atoms with van der Waals surface area (Å²) in [6, 6.07) is 15.3. The molecule has 1 heterocycles. The Balaban J connectivity index is 1.48. The third kappa shape index (κ3) is 8.05. The third-order valence-corrected chi connectivity index (χ3v) is 6.96. The molecule has 6 nitrogen and oxygen atoms in total. The van der Waals surface area contributed by atoms with E-state index in [1.807, 2.05) is 6.07 Å². The number of aliphatic carboxylic acids is 1. The molecule has 1 unspecified atom stereocenters. The molecule has 1 aliphatic carbocycles. The van der Waals surface area contributed by atoms with Crippen LogP contribution in [0.25, 0.3) is 11.3 Å². The maximum Gasteiger partial charge on any atom is 0.416 e. The van der Waals surface area contributed by atoms with E-state index in [9.17, 15) is 22.8 Å². The van der Waals surface area contributed by atoms with Crippen LogP contribution in [0.3, 0.4) is 0 Å². The number of nitrogens with zero attached hydrogens (tertiary/aromatic N) is 1. The molecule has 1 aromatic heterocycles. The van der Waals surface area contributed by atoms with E-state index in [4.69, 9.17) is 9.84 Å². The minimum Gasteiger partial charge on any atom is -0.486 e. The van der Waals surface area contributed by atoms with Crippen molar-refractivity contribution in [2.24, 2.45) is 5.92 Å². The van der Waals surface area contributed by atoms with E-state index >= 15 is 0 Å². The molecule has 1 fully saturated rings. The number of aromatic nitrogens is 1. The zero-order valence-electron chi connectivity index (χ0n) is 21.4. The molecule has 0 radical (unpaired) electrons. The van der Waals surface area contributed by atoms with Gasteiger partial charge in [-0.05, 0) is 54.8 Å². The number of hydrogen-bond acceptors (Lipinski definition) is 4. The summed E-state index contributed by atoms with van der Waals surface area (Å²) in [6.45, 7) is 0.0470. The van der Waals surface area contributed by atoms with Crippen LogP contribution in [0.5, 0.6) is 5.75 Å². The number of halogens is 3. The van der Waals surface area contributed by atoms with Gasteiger partial charge < -0.3 is 15.2 Å². The largest absolute Gasteiger partial charge is 0.486 e. The molecule has 1 aliphatic rings. The molecule has 0 saturated heterocycles. The first-order valence-corrected chi connectivity index (χ1v) is 13.1. The van der Waals surface area contributed by atoms with Gasteiger partial charge in [-0.1, -0.05) is 50.3 Å². The van der Waals surface area contributed by atoms with Crippen molar-refractivity contribution in [3.8, 4) is 17.0 Å². The van der Waals surface area contributed by atoms with E-state index < -0.39 is 17.7 Å². The van der Waals surface area contributed by atoms with Crippen LogP contribution < -0.4 is 10.1 Å². The first kappa shape index (κ1) is 28.1. The first-order valence-electron chi connectivity index (χ1n) is 13.1. The second-order valence-electron chi connectivity index (χ2n) is 9.82. The molecular weight excluding hydrogens is 509 g/mol. The van der Waals surface area contributed by atoms with E-state index in [1.165, 1.54) is 31.4 Å². The van der Waals surface area contributed by atoms with Crippen LogP contribution in [-0.2, 0) is 11.0 Å². The van der Waals surface area contributed by atoms with E-state index in [1.54, 1.807) is 36.5 Å². The van der Waals surface area contributed by atoms with Crippen LogP contribution >= 0.6 is 0 Å². The zero-order valence-corrected chi connectivity index (χ0v) is 21.4. The molecule has 3 aromatic rings. The van der Waals surface area contributed by atoms with Gasteiger partial charge in [0.1, 0.15) is 11.9 Å². The average Bonchev–Trinajstić information content (AvgIpc) is 2.93. The summed E-state index contributed by atoms with van der Waals surface area (Å²) < 4.78 is 45.1. The lowest BCUT2D eigenvalue weighted by molar-refractivity contribution is -0.138. The molecule has 2 N–H and O–H groups in total. The number of ether oxygens (including phenoxy) is 1. The molecule has 1 saturated carbocycles. The molecule has 39 heavy (non-hydrogen) atoms. The van der Waals surface area contributed by atoms with Gasteiger partial charge in [0, 0.05) is 29.4 Å². The maximum absolute atomic E-state index is 12.9. The summed E-state index contributed by atoms with van der Waals surface area (Å²) in [6.07, 6.45) is 3.58. The zero-order chi connectivity index (χ0) is 27.8. The highest BCUT2D eigenvalue weighted by Crippen LogP contribution is 2.35. The number of carbonyl (C=O) groups is 2. The highest BCUT2D eigenvalue weighted by Gasteiger charge is 2.30. The Kier molecular flexibility index (Phi) is 9.22. The summed E-state index contributed by atoms with van der Waals surface area (Å²) in [5, 5.41) is 11.3. The molecule has 1 atom stereocenters. The van der Waals surface area contributed by atoms with Gasteiger partial charge in [-0.2, -0.15) is 13.2 Å². The minimum absolute atomic E-state index is 0.0470. The Bertz CT molecular complexity index is 1240. The summed E-state index contributed by atoms with van der Waals surface area (Å²) >= 11 is 0. The number of benzene rings is 2. The van der Waals surface area contributed by atoms with Crippen LogP contribution in [-0.4, -0.2) is 28.5 Å². The number of hydrogen-bond donors (Lipinski definition) is 2. The van der Waals surface area contributed by atoms with Crippen molar-refractivity contribution >= 4 is 11.9 Å².